The van der Waals surface area contributed by atoms with E-state index in [9.17, 15) is 0 Å². The van der Waals surface area contributed by atoms with E-state index in [-0.39, 0.29) is 12.1 Å². The predicted octanol–water partition coefficient (Wildman–Crippen LogP) is 2.67. The first-order valence-corrected chi connectivity index (χ1v) is 9.20. The molecule has 1 saturated carbocycles. The molecule has 0 amide bonds. The molecule has 0 spiro atoms. The predicted molar refractivity (Wildman–Crippen MR) is 102 cm³/mol. The highest BCUT2D eigenvalue weighted by molar-refractivity contribution is 5.85. The van der Waals surface area contributed by atoms with Gasteiger partial charge in [-0.05, 0) is 31.9 Å². The molecule has 3 aromatic rings. The van der Waals surface area contributed by atoms with Crippen LogP contribution in [0.1, 0.15) is 32.6 Å². The van der Waals surface area contributed by atoms with Crippen LogP contribution in [0.2, 0.25) is 0 Å². The quantitative estimate of drug-likeness (QED) is 0.648. The van der Waals surface area contributed by atoms with Crippen molar-refractivity contribution in [3.8, 4) is 0 Å². The molecule has 4 N–H and O–H groups in total. The van der Waals surface area contributed by atoms with Crippen LogP contribution in [0.4, 0.5) is 17.5 Å². The number of nitrogens with one attached hydrogen (secondary N) is 2. The van der Waals surface area contributed by atoms with Crippen molar-refractivity contribution in [2.75, 3.05) is 10.6 Å². The summed E-state index contributed by atoms with van der Waals surface area (Å²) in [6.45, 7) is 2.71. The third-order valence-corrected chi connectivity index (χ3v) is 4.83. The molecule has 136 valence electrons. The average molecular weight is 352 g/mol. The minimum Gasteiger partial charge on any atom is -0.350 e. The number of aryl methyl sites for hydroxylation is 1. The van der Waals surface area contributed by atoms with Gasteiger partial charge in [0.25, 0.3) is 0 Å². The summed E-state index contributed by atoms with van der Waals surface area (Å²) in [4.78, 5) is 9.32. The maximum Gasteiger partial charge on any atom is 0.227 e. The standard InChI is InChI=1S/C18H24N8/c1-2-26-17-15(24-25-26)16(20-12-8-4-3-5-9-12)22-18(23-17)21-14-11-7-6-10-13(14)19/h3-5,8-9,13-14H,2,6-7,10-11,19H2,1H3,(H2,20,21,22,23). The Morgan fingerprint density at radius 1 is 1.15 bits per heavy atom. The summed E-state index contributed by atoms with van der Waals surface area (Å²) in [7, 11) is 0. The number of hydrogen-bond acceptors (Lipinski definition) is 7. The zero-order chi connectivity index (χ0) is 17.9. The van der Waals surface area contributed by atoms with Crippen LogP contribution in [-0.2, 0) is 6.54 Å². The Hall–Kier alpha value is -2.74. The number of anilines is 3. The molecule has 8 heteroatoms. The highest BCUT2D eigenvalue weighted by atomic mass is 15.4. The fraction of sp³-hybridized carbons (Fsp3) is 0.444. The molecular formula is C18H24N8. The van der Waals surface area contributed by atoms with Gasteiger partial charge in [0.2, 0.25) is 5.95 Å². The Morgan fingerprint density at radius 3 is 2.73 bits per heavy atom. The number of rotatable bonds is 5. The lowest BCUT2D eigenvalue weighted by atomic mass is 9.91. The molecule has 0 radical (unpaired) electrons. The van der Waals surface area contributed by atoms with E-state index < -0.39 is 0 Å². The van der Waals surface area contributed by atoms with Crippen LogP contribution in [0.3, 0.4) is 0 Å². The third-order valence-electron chi connectivity index (χ3n) is 4.83. The first-order chi connectivity index (χ1) is 12.7. The van der Waals surface area contributed by atoms with E-state index in [1.165, 1.54) is 12.8 Å². The van der Waals surface area contributed by atoms with Crippen LogP contribution in [0.5, 0.6) is 0 Å². The number of benzene rings is 1. The second-order valence-electron chi connectivity index (χ2n) is 6.66. The van der Waals surface area contributed by atoms with Crippen molar-refractivity contribution in [2.24, 2.45) is 5.73 Å². The minimum atomic E-state index is 0.128. The molecule has 26 heavy (non-hydrogen) atoms. The molecule has 2 aromatic heterocycles. The monoisotopic (exact) mass is 352 g/mol. The number of nitrogens with zero attached hydrogens (tertiary/aromatic N) is 5. The molecule has 0 bridgehead atoms. The lowest BCUT2D eigenvalue weighted by Gasteiger charge is -2.29. The van der Waals surface area contributed by atoms with Crippen molar-refractivity contribution in [3.05, 3.63) is 30.3 Å². The van der Waals surface area contributed by atoms with Crippen LogP contribution in [0, 0.1) is 0 Å². The summed E-state index contributed by atoms with van der Waals surface area (Å²) in [6.07, 6.45) is 4.43. The molecule has 0 saturated heterocycles. The maximum atomic E-state index is 6.27. The van der Waals surface area contributed by atoms with Gasteiger partial charge in [0.1, 0.15) is 0 Å². The molecule has 2 atom stereocenters. The summed E-state index contributed by atoms with van der Waals surface area (Å²) in [5, 5.41) is 15.2. The summed E-state index contributed by atoms with van der Waals surface area (Å²) < 4.78 is 1.78. The lowest BCUT2D eigenvalue weighted by molar-refractivity contribution is 0.402. The SMILES string of the molecule is CCn1nnc2c(Nc3ccccc3)nc(NC3CCCCC3N)nc21. The first kappa shape index (κ1) is 16.7. The smallest absolute Gasteiger partial charge is 0.227 e. The van der Waals surface area contributed by atoms with Gasteiger partial charge in [0, 0.05) is 24.3 Å². The summed E-state index contributed by atoms with van der Waals surface area (Å²) in [6, 6.07) is 10.2. The second-order valence-corrected chi connectivity index (χ2v) is 6.66. The van der Waals surface area contributed by atoms with Gasteiger partial charge >= 0.3 is 0 Å². The number of para-hydroxylation sites is 1. The van der Waals surface area contributed by atoms with E-state index in [0.717, 1.165) is 18.5 Å². The van der Waals surface area contributed by atoms with Crippen molar-refractivity contribution in [1.82, 2.24) is 25.0 Å². The molecule has 1 aliphatic rings. The van der Waals surface area contributed by atoms with E-state index in [2.05, 4.69) is 30.9 Å². The van der Waals surface area contributed by atoms with E-state index in [4.69, 9.17) is 5.73 Å². The molecule has 1 aromatic carbocycles. The highest BCUT2D eigenvalue weighted by Crippen LogP contribution is 2.25. The van der Waals surface area contributed by atoms with Crippen molar-refractivity contribution >= 4 is 28.6 Å². The van der Waals surface area contributed by atoms with Crippen LogP contribution >= 0.6 is 0 Å². The Morgan fingerprint density at radius 2 is 1.96 bits per heavy atom. The van der Waals surface area contributed by atoms with Gasteiger partial charge in [0.15, 0.2) is 17.0 Å². The molecule has 2 heterocycles. The molecular weight excluding hydrogens is 328 g/mol. The van der Waals surface area contributed by atoms with Crippen LogP contribution in [0.25, 0.3) is 11.2 Å². The lowest BCUT2D eigenvalue weighted by Crippen LogP contribution is -2.43. The van der Waals surface area contributed by atoms with E-state index in [1.807, 2.05) is 37.3 Å². The zero-order valence-electron chi connectivity index (χ0n) is 14.9. The molecule has 1 aliphatic carbocycles. The van der Waals surface area contributed by atoms with E-state index in [1.54, 1.807) is 4.68 Å². The van der Waals surface area contributed by atoms with Crippen molar-refractivity contribution in [2.45, 2.75) is 51.2 Å². The van der Waals surface area contributed by atoms with Gasteiger partial charge in [-0.1, -0.05) is 36.3 Å². The fourth-order valence-corrected chi connectivity index (χ4v) is 3.38. The Balaban J connectivity index is 1.71. The topological polar surface area (TPSA) is 107 Å². The van der Waals surface area contributed by atoms with Gasteiger partial charge in [-0.2, -0.15) is 9.97 Å². The zero-order valence-corrected chi connectivity index (χ0v) is 14.9. The van der Waals surface area contributed by atoms with Crippen LogP contribution < -0.4 is 16.4 Å². The highest BCUT2D eigenvalue weighted by Gasteiger charge is 2.23. The largest absolute Gasteiger partial charge is 0.350 e. The van der Waals surface area contributed by atoms with Gasteiger partial charge in [-0.15, -0.1) is 5.10 Å². The van der Waals surface area contributed by atoms with Gasteiger partial charge < -0.3 is 16.4 Å². The molecule has 1 fully saturated rings. The molecule has 2 unspecified atom stereocenters. The van der Waals surface area contributed by atoms with E-state index in [0.29, 0.717) is 29.5 Å². The number of nitrogens with two attached hydrogens (primary N) is 1. The molecule has 4 rings (SSSR count). The minimum absolute atomic E-state index is 0.128. The molecule has 8 nitrogen and oxygen atoms in total. The van der Waals surface area contributed by atoms with Gasteiger partial charge in [0.05, 0.1) is 0 Å². The normalized spacial score (nSPS) is 20.2. The number of fused-ring (bicyclic) bond motifs is 1. The number of aromatic nitrogens is 5. The Kier molecular flexibility index (Phi) is 4.66. The Bertz CT molecular complexity index is 876. The Labute approximate surface area is 152 Å². The maximum absolute atomic E-state index is 6.27. The van der Waals surface area contributed by atoms with Crippen LogP contribution in [-0.4, -0.2) is 37.0 Å². The van der Waals surface area contributed by atoms with Crippen molar-refractivity contribution < 1.29 is 0 Å². The average Bonchev–Trinajstić information content (AvgIpc) is 3.08. The number of hydrogen-bond donors (Lipinski definition) is 3. The van der Waals surface area contributed by atoms with Crippen LogP contribution in [0.15, 0.2) is 30.3 Å². The summed E-state index contributed by atoms with van der Waals surface area (Å²) in [5.41, 5.74) is 8.59. The van der Waals surface area contributed by atoms with Gasteiger partial charge in [-0.3, -0.25) is 0 Å². The third kappa shape index (κ3) is 3.32. The van der Waals surface area contributed by atoms with Crippen molar-refractivity contribution in [1.29, 1.82) is 0 Å². The van der Waals surface area contributed by atoms with E-state index >= 15 is 0 Å². The van der Waals surface area contributed by atoms with Gasteiger partial charge in [-0.25, -0.2) is 4.68 Å². The summed E-state index contributed by atoms with van der Waals surface area (Å²) >= 11 is 0. The molecule has 0 aliphatic heterocycles. The second kappa shape index (κ2) is 7.25. The first-order valence-electron chi connectivity index (χ1n) is 9.20. The summed E-state index contributed by atoms with van der Waals surface area (Å²) in [5.74, 6) is 1.21. The van der Waals surface area contributed by atoms with Crippen molar-refractivity contribution in [3.63, 3.8) is 0 Å². The fourth-order valence-electron chi connectivity index (χ4n) is 3.38.